The van der Waals surface area contributed by atoms with Crippen LogP contribution in [0.25, 0.3) is 0 Å². The molecule has 0 fully saturated rings. The summed E-state index contributed by atoms with van der Waals surface area (Å²) < 4.78 is 3.97. The van der Waals surface area contributed by atoms with Gasteiger partial charge in [0.1, 0.15) is 0 Å². The summed E-state index contributed by atoms with van der Waals surface area (Å²) >= 11 is 0. The number of aromatic nitrogens is 5. The SMILES string of the molecule is CCn1cncc1Cn1cc(CCCCN)nn1. The zero-order valence-corrected chi connectivity index (χ0v) is 10.8. The molecule has 0 saturated carbocycles. The molecule has 2 N–H and O–H groups in total. The molecule has 2 aromatic heterocycles. The Balaban J connectivity index is 1.94. The zero-order chi connectivity index (χ0) is 12.8. The summed E-state index contributed by atoms with van der Waals surface area (Å²) in [6.45, 7) is 4.49. The monoisotopic (exact) mass is 248 g/mol. The summed E-state index contributed by atoms with van der Waals surface area (Å²) in [5, 5.41) is 8.31. The normalized spacial score (nSPS) is 11.0. The van der Waals surface area contributed by atoms with Crippen LogP contribution in [0.3, 0.4) is 0 Å². The summed E-state index contributed by atoms with van der Waals surface area (Å²) in [5.74, 6) is 0. The maximum Gasteiger partial charge on any atom is 0.0948 e. The van der Waals surface area contributed by atoms with Gasteiger partial charge in [-0.1, -0.05) is 5.21 Å². The van der Waals surface area contributed by atoms with Crippen molar-refractivity contribution in [3.8, 4) is 0 Å². The number of unbranched alkanes of at least 4 members (excludes halogenated alkanes) is 1. The molecule has 2 aromatic rings. The molecule has 18 heavy (non-hydrogen) atoms. The largest absolute Gasteiger partial charge is 0.333 e. The van der Waals surface area contributed by atoms with E-state index >= 15 is 0 Å². The van der Waals surface area contributed by atoms with E-state index in [2.05, 4.69) is 26.8 Å². The molecule has 0 saturated heterocycles. The van der Waals surface area contributed by atoms with Crippen LogP contribution < -0.4 is 5.73 Å². The van der Waals surface area contributed by atoms with E-state index < -0.39 is 0 Å². The summed E-state index contributed by atoms with van der Waals surface area (Å²) in [5.41, 5.74) is 7.65. The third kappa shape index (κ3) is 3.16. The number of aryl methyl sites for hydroxylation is 2. The summed E-state index contributed by atoms with van der Waals surface area (Å²) in [4.78, 5) is 4.14. The minimum Gasteiger partial charge on any atom is -0.333 e. The highest BCUT2D eigenvalue weighted by molar-refractivity contribution is 5.00. The van der Waals surface area contributed by atoms with Crippen molar-refractivity contribution in [3.05, 3.63) is 30.1 Å². The van der Waals surface area contributed by atoms with Gasteiger partial charge in [0, 0.05) is 12.7 Å². The predicted molar refractivity (Wildman–Crippen MR) is 69.0 cm³/mol. The smallest absolute Gasteiger partial charge is 0.0948 e. The molecule has 0 unspecified atom stereocenters. The average Bonchev–Trinajstić information content (AvgIpc) is 2.99. The first kappa shape index (κ1) is 12.8. The van der Waals surface area contributed by atoms with E-state index in [9.17, 15) is 0 Å². The molecule has 6 heteroatoms. The van der Waals surface area contributed by atoms with Crippen molar-refractivity contribution >= 4 is 0 Å². The molecule has 2 rings (SSSR count). The fraction of sp³-hybridized carbons (Fsp3) is 0.583. The van der Waals surface area contributed by atoms with Crippen molar-refractivity contribution in [3.63, 3.8) is 0 Å². The summed E-state index contributed by atoms with van der Waals surface area (Å²) in [6.07, 6.45) is 8.78. The number of hydrogen-bond donors (Lipinski definition) is 1. The molecule has 0 aliphatic heterocycles. The third-order valence-corrected chi connectivity index (χ3v) is 2.94. The molecule has 0 aliphatic rings. The molecular formula is C12H20N6. The van der Waals surface area contributed by atoms with Gasteiger partial charge in [-0.05, 0) is 32.7 Å². The molecule has 6 nitrogen and oxygen atoms in total. The molecule has 2 heterocycles. The molecule has 98 valence electrons. The Morgan fingerprint density at radius 1 is 1.33 bits per heavy atom. The average molecular weight is 248 g/mol. The second-order valence-corrected chi connectivity index (χ2v) is 4.32. The molecule has 0 spiro atoms. The van der Waals surface area contributed by atoms with Crippen LogP contribution in [-0.4, -0.2) is 31.1 Å². The van der Waals surface area contributed by atoms with Crippen molar-refractivity contribution in [2.75, 3.05) is 6.54 Å². The van der Waals surface area contributed by atoms with Crippen molar-refractivity contribution in [1.29, 1.82) is 0 Å². The Kier molecular flexibility index (Phi) is 4.46. The lowest BCUT2D eigenvalue weighted by Crippen LogP contribution is -2.06. The van der Waals surface area contributed by atoms with E-state index in [0.717, 1.165) is 50.3 Å². The van der Waals surface area contributed by atoms with Crippen LogP contribution in [0, 0.1) is 0 Å². The van der Waals surface area contributed by atoms with Crippen LogP contribution in [0.4, 0.5) is 0 Å². The van der Waals surface area contributed by atoms with E-state index in [4.69, 9.17) is 5.73 Å². The molecular weight excluding hydrogens is 228 g/mol. The number of nitrogens with zero attached hydrogens (tertiary/aromatic N) is 5. The van der Waals surface area contributed by atoms with Crippen LogP contribution in [-0.2, 0) is 19.5 Å². The zero-order valence-electron chi connectivity index (χ0n) is 10.8. The second-order valence-electron chi connectivity index (χ2n) is 4.32. The Hall–Kier alpha value is -1.69. The molecule has 0 radical (unpaired) electrons. The molecule has 0 aromatic carbocycles. The lowest BCUT2D eigenvalue weighted by atomic mass is 10.2. The Morgan fingerprint density at radius 3 is 3.00 bits per heavy atom. The maximum absolute atomic E-state index is 5.47. The molecule has 0 aliphatic carbocycles. The van der Waals surface area contributed by atoms with Gasteiger partial charge in [-0.2, -0.15) is 0 Å². The fourth-order valence-electron chi connectivity index (χ4n) is 1.91. The van der Waals surface area contributed by atoms with E-state index in [1.807, 2.05) is 23.4 Å². The third-order valence-electron chi connectivity index (χ3n) is 2.94. The van der Waals surface area contributed by atoms with Crippen molar-refractivity contribution in [1.82, 2.24) is 24.5 Å². The van der Waals surface area contributed by atoms with Crippen molar-refractivity contribution < 1.29 is 0 Å². The van der Waals surface area contributed by atoms with Gasteiger partial charge in [0.2, 0.25) is 0 Å². The lowest BCUT2D eigenvalue weighted by Gasteiger charge is -2.03. The van der Waals surface area contributed by atoms with Crippen molar-refractivity contribution in [2.45, 2.75) is 39.3 Å². The Morgan fingerprint density at radius 2 is 2.22 bits per heavy atom. The predicted octanol–water partition coefficient (Wildman–Crippen LogP) is 0.824. The number of imidazole rings is 1. The fourth-order valence-corrected chi connectivity index (χ4v) is 1.91. The van der Waals surface area contributed by atoms with Crippen LogP contribution >= 0.6 is 0 Å². The highest BCUT2D eigenvalue weighted by atomic mass is 15.4. The Bertz CT molecular complexity index is 472. The van der Waals surface area contributed by atoms with Gasteiger partial charge in [0.25, 0.3) is 0 Å². The van der Waals surface area contributed by atoms with Gasteiger partial charge in [-0.15, -0.1) is 5.10 Å². The molecule has 0 bridgehead atoms. The number of nitrogens with two attached hydrogens (primary N) is 1. The van der Waals surface area contributed by atoms with Gasteiger partial charge in [-0.25, -0.2) is 9.67 Å². The molecule has 0 amide bonds. The van der Waals surface area contributed by atoms with Crippen LogP contribution in [0.1, 0.15) is 31.2 Å². The highest BCUT2D eigenvalue weighted by Gasteiger charge is 2.04. The van der Waals surface area contributed by atoms with E-state index in [-0.39, 0.29) is 0 Å². The van der Waals surface area contributed by atoms with E-state index in [1.165, 1.54) is 0 Å². The quantitative estimate of drug-likeness (QED) is 0.736. The van der Waals surface area contributed by atoms with Crippen LogP contribution in [0.5, 0.6) is 0 Å². The minimum atomic E-state index is 0.720. The van der Waals surface area contributed by atoms with E-state index in [1.54, 1.807) is 0 Å². The highest BCUT2D eigenvalue weighted by Crippen LogP contribution is 2.04. The summed E-state index contributed by atoms with van der Waals surface area (Å²) in [7, 11) is 0. The Labute approximate surface area is 107 Å². The first-order valence-electron chi connectivity index (χ1n) is 6.41. The number of hydrogen-bond acceptors (Lipinski definition) is 4. The van der Waals surface area contributed by atoms with Gasteiger partial charge in [0.05, 0.1) is 30.5 Å². The van der Waals surface area contributed by atoms with Crippen LogP contribution in [0.2, 0.25) is 0 Å². The van der Waals surface area contributed by atoms with Gasteiger partial charge in [0.15, 0.2) is 0 Å². The van der Waals surface area contributed by atoms with Gasteiger partial charge in [-0.3, -0.25) is 0 Å². The van der Waals surface area contributed by atoms with Crippen LogP contribution in [0.15, 0.2) is 18.7 Å². The topological polar surface area (TPSA) is 74.5 Å². The van der Waals surface area contributed by atoms with Gasteiger partial charge >= 0.3 is 0 Å². The van der Waals surface area contributed by atoms with E-state index in [0.29, 0.717) is 0 Å². The lowest BCUT2D eigenvalue weighted by molar-refractivity contribution is 0.602. The number of rotatable bonds is 7. The summed E-state index contributed by atoms with van der Waals surface area (Å²) in [6, 6.07) is 0. The first-order chi connectivity index (χ1) is 8.83. The second kappa shape index (κ2) is 6.30. The maximum atomic E-state index is 5.47. The van der Waals surface area contributed by atoms with Gasteiger partial charge < -0.3 is 10.3 Å². The standard InChI is InChI=1S/C12H20N6/c1-2-17-10-14-7-12(17)9-18-8-11(15-16-18)5-3-4-6-13/h7-8,10H,2-6,9,13H2,1H3. The molecule has 0 atom stereocenters. The minimum absolute atomic E-state index is 0.720. The first-order valence-corrected chi connectivity index (χ1v) is 6.41. The van der Waals surface area contributed by atoms with Crippen molar-refractivity contribution in [2.24, 2.45) is 5.73 Å².